The highest BCUT2D eigenvalue weighted by Crippen LogP contribution is 2.37. The van der Waals surface area contributed by atoms with Crippen molar-refractivity contribution in [3.63, 3.8) is 0 Å². The van der Waals surface area contributed by atoms with Gasteiger partial charge in [0, 0.05) is 40.2 Å². The molecule has 0 aromatic carbocycles. The van der Waals surface area contributed by atoms with Crippen molar-refractivity contribution in [1.82, 2.24) is 5.32 Å². The molecule has 1 saturated heterocycles. The fourth-order valence-corrected chi connectivity index (χ4v) is 2.57. The summed E-state index contributed by atoms with van der Waals surface area (Å²) in [6.07, 6.45) is 3.64. The lowest BCUT2D eigenvalue weighted by Gasteiger charge is -2.44. The second-order valence-electron chi connectivity index (χ2n) is 5.19. The van der Waals surface area contributed by atoms with E-state index in [0.717, 1.165) is 38.8 Å². The molecular formula is C13H28N2O3. The van der Waals surface area contributed by atoms with Crippen LogP contribution in [-0.2, 0) is 14.2 Å². The van der Waals surface area contributed by atoms with Gasteiger partial charge in [0.05, 0.1) is 12.2 Å². The summed E-state index contributed by atoms with van der Waals surface area (Å²) < 4.78 is 17.0. The lowest BCUT2D eigenvalue weighted by atomic mass is 9.87. The van der Waals surface area contributed by atoms with Gasteiger partial charge in [-0.25, -0.2) is 0 Å². The fourth-order valence-electron chi connectivity index (χ4n) is 2.57. The lowest BCUT2D eigenvalue weighted by Crippen LogP contribution is -2.49. The first-order valence-corrected chi connectivity index (χ1v) is 6.75. The average Bonchev–Trinajstić information content (AvgIpc) is 2.38. The van der Waals surface area contributed by atoms with Crippen molar-refractivity contribution in [3.05, 3.63) is 0 Å². The number of ether oxygens (including phenoxy) is 3. The third-order valence-electron chi connectivity index (χ3n) is 3.70. The molecule has 5 heteroatoms. The fraction of sp³-hybridized carbons (Fsp3) is 1.00. The molecule has 108 valence electrons. The van der Waals surface area contributed by atoms with Gasteiger partial charge in [-0.1, -0.05) is 0 Å². The zero-order valence-corrected chi connectivity index (χ0v) is 12.0. The van der Waals surface area contributed by atoms with Crippen molar-refractivity contribution >= 4 is 0 Å². The molecule has 0 saturated carbocycles. The summed E-state index contributed by atoms with van der Waals surface area (Å²) >= 11 is 0. The molecule has 0 radical (unpaired) electrons. The number of nitrogens with two attached hydrogens (primary N) is 1. The zero-order valence-electron chi connectivity index (χ0n) is 12.0. The van der Waals surface area contributed by atoms with Gasteiger partial charge in [-0.15, -0.1) is 0 Å². The van der Waals surface area contributed by atoms with Crippen LogP contribution in [0.3, 0.4) is 0 Å². The van der Waals surface area contributed by atoms with Crippen LogP contribution in [0.15, 0.2) is 0 Å². The van der Waals surface area contributed by atoms with E-state index < -0.39 is 5.79 Å². The van der Waals surface area contributed by atoms with Crippen LogP contribution in [0.5, 0.6) is 0 Å². The van der Waals surface area contributed by atoms with E-state index in [4.69, 9.17) is 19.9 Å². The van der Waals surface area contributed by atoms with Crippen LogP contribution in [0.2, 0.25) is 0 Å². The molecule has 0 spiro atoms. The van der Waals surface area contributed by atoms with E-state index in [1.165, 1.54) is 0 Å². The number of hydrogen-bond donors (Lipinski definition) is 2. The quantitative estimate of drug-likeness (QED) is 0.501. The predicted molar refractivity (Wildman–Crippen MR) is 71.5 cm³/mol. The molecule has 0 bridgehead atoms. The summed E-state index contributed by atoms with van der Waals surface area (Å²) in [4.78, 5) is 0. The van der Waals surface area contributed by atoms with E-state index in [1.807, 2.05) is 0 Å². The smallest absolute Gasteiger partial charge is 0.172 e. The van der Waals surface area contributed by atoms with Gasteiger partial charge in [-0.3, -0.25) is 0 Å². The Hall–Kier alpha value is -0.200. The van der Waals surface area contributed by atoms with Crippen molar-refractivity contribution < 1.29 is 14.2 Å². The van der Waals surface area contributed by atoms with Gasteiger partial charge in [-0.2, -0.15) is 0 Å². The molecule has 1 unspecified atom stereocenters. The van der Waals surface area contributed by atoms with Crippen molar-refractivity contribution in [2.45, 2.75) is 44.0 Å². The first kappa shape index (κ1) is 15.9. The molecule has 18 heavy (non-hydrogen) atoms. The molecule has 0 aliphatic carbocycles. The van der Waals surface area contributed by atoms with Crippen LogP contribution in [0, 0.1) is 0 Å². The maximum absolute atomic E-state index is 5.92. The Bertz CT molecular complexity index is 234. The summed E-state index contributed by atoms with van der Waals surface area (Å²) in [6, 6.07) is 0. The van der Waals surface area contributed by atoms with Gasteiger partial charge in [0.1, 0.15) is 0 Å². The number of hydrogen-bond acceptors (Lipinski definition) is 5. The van der Waals surface area contributed by atoms with Gasteiger partial charge < -0.3 is 25.3 Å². The topological polar surface area (TPSA) is 65.7 Å². The number of rotatable bonds is 8. The second-order valence-corrected chi connectivity index (χ2v) is 5.19. The van der Waals surface area contributed by atoms with Crippen molar-refractivity contribution in [1.29, 1.82) is 0 Å². The Morgan fingerprint density at radius 1 is 1.28 bits per heavy atom. The van der Waals surface area contributed by atoms with Crippen molar-refractivity contribution in [2.75, 3.05) is 40.5 Å². The Labute approximate surface area is 110 Å². The van der Waals surface area contributed by atoms with Crippen LogP contribution < -0.4 is 11.1 Å². The minimum Gasteiger partial charge on any atom is -0.375 e. The van der Waals surface area contributed by atoms with Crippen LogP contribution in [-0.4, -0.2) is 51.8 Å². The second kappa shape index (κ2) is 7.40. The van der Waals surface area contributed by atoms with E-state index in [9.17, 15) is 0 Å². The molecule has 0 aromatic heterocycles. The van der Waals surface area contributed by atoms with E-state index in [2.05, 4.69) is 12.2 Å². The standard InChI is InChI=1S/C13H28N2O3/c1-12(5-4-8-15-9-7-14)11-13(16-2,17-3)6-10-18-12/h15H,4-11,14H2,1-3H3. The maximum Gasteiger partial charge on any atom is 0.172 e. The third kappa shape index (κ3) is 4.48. The Morgan fingerprint density at radius 2 is 2.00 bits per heavy atom. The summed E-state index contributed by atoms with van der Waals surface area (Å²) in [5.74, 6) is -0.475. The normalized spacial score (nSPS) is 27.3. The Balaban J connectivity index is 2.37. The van der Waals surface area contributed by atoms with E-state index >= 15 is 0 Å². The van der Waals surface area contributed by atoms with E-state index in [0.29, 0.717) is 13.2 Å². The number of methoxy groups -OCH3 is 2. The molecule has 1 aliphatic rings. The first-order valence-electron chi connectivity index (χ1n) is 6.75. The molecule has 3 N–H and O–H groups in total. The van der Waals surface area contributed by atoms with E-state index in [1.54, 1.807) is 14.2 Å². The van der Waals surface area contributed by atoms with Crippen molar-refractivity contribution in [3.8, 4) is 0 Å². The molecule has 1 heterocycles. The highest BCUT2D eigenvalue weighted by molar-refractivity contribution is 4.88. The summed E-state index contributed by atoms with van der Waals surface area (Å²) in [7, 11) is 3.41. The Morgan fingerprint density at radius 3 is 2.61 bits per heavy atom. The van der Waals surface area contributed by atoms with Crippen LogP contribution in [0.25, 0.3) is 0 Å². The van der Waals surface area contributed by atoms with Crippen molar-refractivity contribution in [2.24, 2.45) is 5.73 Å². The minimum atomic E-state index is -0.475. The largest absolute Gasteiger partial charge is 0.375 e. The van der Waals surface area contributed by atoms with Crippen LogP contribution in [0.1, 0.15) is 32.6 Å². The third-order valence-corrected chi connectivity index (χ3v) is 3.70. The highest BCUT2D eigenvalue weighted by Gasteiger charge is 2.43. The number of nitrogens with one attached hydrogen (secondary N) is 1. The lowest BCUT2D eigenvalue weighted by molar-refractivity contribution is -0.276. The average molecular weight is 260 g/mol. The molecule has 0 aromatic rings. The van der Waals surface area contributed by atoms with Gasteiger partial charge in [-0.05, 0) is 26.3 Å². The minimum absolute atomic E-state index is 0.158. The van der Waals surface area contributed by atoms with Crippen LogP contribution in [0.4, 0.5) is 0 Å². The van der Waals surface area contributed by atoms with Gasteiger partial charge in [0.2, 0.25) is 0 Å². The Kier molecular flexibility index (Phi) is 6.52. The summed E-state index contributed by atoms with van der Waals surface area (Å²) in [6.45, 7) is 5.36. The van der Waals surface area contributed by atoms with E-state index in [-0.39, 0.29) is 5.60 Å². The maximum atomic E-state index is 5.92. The molecular weight excluding hydrogens is 232 g/mol. The predicted octanol–water partition coefficient (Wildman–Crippen LogP) is 0.873. The summed E-state index contributed by atoms with van der Waals surface area (Å²) in [5, 5.41) is 3.30. The molecule has 0 amide bonds. The molecule has 5 nitrogen and oxygen atoms in total. The van der Waals surface area contributed by atoms with Crippen LogP contribution >= 0.6 is 0 Å². The monoisotopic (exact) mass is 260 g/mol. The van der Waals surface area contributed by atoms with Gasteiger partial charge in [0.15, 0.2) is 5.79 Å². The SMILES string of the molecule is COC1(OC)CCOC(C)(CCCNCCN)C1. The molecule has 1 fully saturated rings. The first-order chi connectivity index (χ1) is 8.60. The van der Waals surface area contributed by atoms with Gasteiger partial charge >= 0.3 is 0 Å². The molecule has 1 atom stereocenters. The molecule has 1 rings (SSSR count). The zero-order chi connectivity index (χ0) is 13.5. The molecule has 1 aliphatic heterocycles. The highest BCUT2D eigenvalue weighted by atomic mass is 16.7. The summed E-state index contributed by atoms with van der Waals surface area (Å²) in [5.41, 5.74) is 5.27. The van der Waals surface area contributed by atoms with Gasteiger partial charge in [0.25, 0.3) is 0 Å².